The number of phenolic OH excluding ortho intramolecular Hbond substituents is 1. The van der Waals surface area contributed by atoms with Gasteiger partial charge in [0.15, 0.2) is 5.65 Å². The van der Waals surface area contributed by atoms with E-state index >= 15 is 0 Å². The second-order valence-corrected chi connectivity index (χ2v) is 9.09. The molecule has 0 radical (unpaired) electrons. The number of pyridine rings is 2. The lowest BCUT2D eigenvalue weighted by Crippen LogP contribution is -1.99. The molecule has 0 unspecified atom stereocenters. The van der Waals surface area contributed by atoms with Crippen LogP contribution in [0.15, 0.2) is 101 Å². The first-order valence-corrected chi connectivity index (χ1v) is 11.8. The molecular formula is C28H22FN3O2S. The van der Waals surface area contributed by atoms with Gasteiger partial charge in [-0.1, -0.05) is 23.9 Å². The predicted molar refractivity (Wildman–Crippen MR) is 137 cm³/mol. The van der Waals surface area contributed by atoms with E-state index in [1.165, 1.54) is 12.1 Å². The van der Waals surface area contributed by atoms with Crippen molar-refractivity contribution in [1.29, 1.82) is 0 Å². The fourth-order valence-electron chi connectivity index (χ4n) is 3.55. The molecule has 0 bridgehead atoms. The molecule has 0 aliphatic heterocycles. The Morgan fingerprint density at radius 1 is 0.914 bits per heavy atom. The summed E-state index contributed by atoms with van der Waals surface area (Å²) in [4.78, 5) is 10.9. The van der Waals surface area contributed by atoms with Gasteiger partial charge in [-0.15, -0.1) is 0 Å². The highest BCUT2D eigenvalue weighted by Crippen LogP contribution is 2.38. The van der Waals surface area contributed by atoms with Crippen molar-refractivity contribution in [3.05, 3.63) is 108 Å². The molecule has 0 aliphatic carbocycles. The third kappa shape index (κ3) is 5.53. The minimum Gasteiger partial charge on any atom is -0.508 e. The third-order valence-corrected chi connectivity index (χ3v) is 6.43. The highest BCUT2D eigenvalue weighted by atomic mass is 32.2. The lowest BCUT2D eigenvalue weighted by molar-refractivity contribution is 0.306. The zero-order valence-corrected chi connectivity index (χ0v) is 19.7. The molecule has 3 aromatic carbocycles. The molecule has 0 aliphatic rings. The Morgan fingerprint density at radius 2 is 1.71 bits per heavy atom. The number of hydrogen-bond acceptors (Lipinski definition) is 6. The normalized spacial score (nSPS) is 10.9. The van der Waals surface area contributed by atoms with Crippen molar-refractivity contribution in [3.63, 3.8) is 0 Å². The van der Waals surface area contributed by atoms with Crippen LogP contribution in [-0.2, 0) is 6.61 Å². The molecule has 5 nitrogen and oxygen atoms in total. The summed E-state index contributed by atoms with van der Waals surface area (Å²) in [5.74, 6) is 0.632. The monoisotopic (exact) mass is 483 g/mol. The smallest absolute Gasteiger partial charge is 0.161 e. The van der Waals surface area contributed by atoms with E-state index in [2.05, 4.69) is 15.3 Å². The summed E-state index contributed by atoms with van der Waals surface area (Å²) >= 11 is 1.57. The van der Waals surface area contributed by atoms with Gasteiger partial charge in [0.05, 0.1) is 11.4 Å². The number of fused-ring (bicyclic) bond motifs is 1. The average molecular weight is 484 g/mol. The van der Waals surface area contributed by atoms with Crippen LogP contribution in [0, 0.1) is 12.7 Å². The summed E-state index contributed by atoms with van der Waals surface area (Å²) in [5.41, 5.74) is 4.19. The van der Waals surface area contributed by atoms with Crippen LogP contribution in [0.3, 0.4) is 0 Å². The summed E-state index contributed by atoms with van der Waals surface area (Å²) in [7, 11) is 0. The molecular weight excluding hydrogens is 461 g/mol. The van der Waals surface area contributed by atoms with Gasteiger partial charge in [0.25, 0.3) is 0 Å². The first-order valence-electron chi connectivity index (χ1n) is 11.0. The summed E-state index contributed by atoms with van der Waals surface area (Å²) in [5, 5.41) is 14.1. The fourth-order valence-corrected chi connectivity index (χ4v) is 4.43. The third-order valence-electron chi connectivity index (χ3n) is 5.35. The van der Waals surface area contributed by atoms with Crippen LogP contribution in [0.5, 0.6) is 11.5 Å². The lowest BCUT2D eigenvalue weighted by atomic mass is 10.2. The van der Waals surface area contributed by atoms with Crippen LogP contribution < -0.4 is 10.1 Å². The van der Waals surface area contributed by atoms with Crippen molar-refractivity contribution < 1.29 is 14.2 Å². The molecule has 0 spiro atoms. The molecule has 0 amide bonds. The number of aromatic hydroxyl groups is 1. The minimum atomic E-state index is -0.273. The highest BCUT2D eigenvalue weighted by molar-refractivity contribution is 7.99. The second-order valence-electron chi connectivity index (χ2n) is 7.98. The Bertz CT molecular complexity index is 1470. The van der Waals surface area contributed by atoms with Gasteiger partial charge in [-0.25, -0.2) is 14.4 Å². The van der Waals surface area contributed by atoms with Crippen LogP contribution in [0.25, 0.3) is 11.0 Å². The van der Waals surface area contributed by atoms with Crippen molar-refractivity contribution in [1.82, 2.24) is 9.97 Å². The summed E-state index contributed by atoms with van der Waals surface area (Å²) in [6.07, 6.45) is 1.73. The maximum atomic E-state index is 13.2. The molecule has 174 valence electrons. The topological polar surface area (TPSA) is 67.3 Å². The van der Waals surface area contributed by atoms with Crippen molar-refractivity contribution in [2.45, 2.75) is 23.3 Å². The Hall–Kier alpha value is -4.10. The van der Waals surface area contributed by atoms with Crippen molar-refractivity contribution in [2.75, 3.05) is 5.32 Å². The zero-order chi connectivity index (χ0) is 24.2. The van der Waals surface area contributed by atoms with Crippen LogP contribution >= 0.6 is 11.8 Å². The average Bonchev–Trinajstić information content (AvgIpc) is 2.86. The predicted octanol–water partition coefficient (Wildman–Crippen LogP) is 7.26. The maximum Gasteiger partial charge on any atom is 0.161 e. The molecule has 35 heavy (non-hydrogen) atoms. The number of rotatable bonds is 7. The molecule has 5 rings (SSSR count). The Kier molecular flexibility index (Phi) is 6.50. The molecule has 2 N–H and O–H groups in total. The van der Waals surface area contributed by atoms with E-state index in [9.17, 15) is 9.50 Å². The highest BCUT2D eigenvalue weighted by Gasteiger charge is 2.11. The van der Waals surface area contributed by atoms with Gasteiger partial charge in [-0.2, -0.15) is 0 Å². The minimum absolute atomic E-state index is 0.225. The van der Waals surface area contributed by atoms with E-state index < -0.39 is 0 Å². The summed E-state index contributed by atoms with van der Waals surface area (Å²) in [6.45, 7) is 2.26. The number of benzene rings is 3. The van der Waals surface area contributed by atoms with Crippen molar-refractivity contribution in [2.24, 2.45) is 0 Å². The van der Waals surface area contributed by atoms with E-state index in [0.717, 1.165) is 37.8 Å². The summed E-state index contributed by atoms with van der Waals surface area (Å²) in [6, 6.07) is 25.1. The molecule has 2 aromatic heterocycles. The molecule has 0 saturated heterocycles. The van der Waals surface area contributed by atoms with Gasteiger partial charge in [-0.05, 0) is 79.2 Å². The number of ether oxygens (including phenoxy) is 1. The maximum absolute atomic E-state index is 13.2. The fraction of sp³-hybridized carbons (Fsp3) is 0.0714. The number of phenols is 1. The van der Waals surface area contributed by atoms with Crippen LogP contribution in [0.1, 0.15) is 11.3 Å². The van der Waals surface area contributed by atoms with Crippen LogP contribution in [0.2, 0.25) is 0 Å². The number of nitrogens with zero attached hydrogens (tertiary/aromatic N) is 2. The summed E-state index contributed by atoms with van der Waals surface area (Å²) < 4.78 is 19.2. The standard InChI is InChI=1S/C28H22FN3O2S/c1-18-2-12-24-25(14-15-30-28(24)31-18)32-26-16-22(34-17-19-3-5-20(29)6-4-19)9-13-27(26)35-23-10-7-21(33)8-11-23/h2-16,33H,17H2,1H3,(H,30,31,32). The van der Waals surface area contributed by atoms with Gasteiger partial charge >= 0.3 is 0 Å². The number of aromatic nitrogens is 2. The quantitative estimate of drug-likeness (QED) is 0.254. The van der Waals surface area contributed by atoms with E-state index in [0.29, 0.717) is 18.0 Å². The SMILES string of the molecule is Cc1ccc2c(Nc3cc(OCc4ccc(F)cc4)ccc3Sc3ccc(O)cc3)ccnc2n1. The van der Waals surface area contributed by atoms with E-state index in [4.69, 9.17) is 4.74 Å². The number of hydrogen-bond donors (Lipinski definition) is 2. The van der Waals surface area contributed by atoms with Gasteiger partial charge in [0.2, 0.25) is 0 Å². The van der Waals surface area contributed by atoms with Crippen LogP contribution in [0.4, 0.5) is 15.8 Å². The van der Waals surface area contributed by atoms with Gasteiger partial charge < -0.3 is 15.2 Å². The Balaban J connectivity index is 1.47. The van der Waals surface area contributed by atoms with Gasteiger partial charge in [0.1, 0.15) is 23.9 Å². The zero-order valence-electron chi connectivity index (χ0n) is 18.9. The van der Waals surface area contributed by atoms with E-state index in [1.54, 1.807) is 42.2 Å². The number of nitrogens with one attached hydrogen (secondary N) is 1. The molecule has 0 fully saturated rings. The Labute approximate surface area is 206 Å². The van der Waals surface area contributed by atoms with E-state index in [1.807, 2.05) is 55.5 Å². The molecule has 7 heteroatoms. The largest absolute Gasteiger partial charge is 0.508 e. The van der Waals surface area contributed by atoms with Crippen molar-refractivity contribution >= 4 is 34.2 Å². The second kappa shape index (κ2) is 10.0. The molecule has 2 heterocycles. The van der Waals surface area contributed by atoms with Gasteiger partial charge in [-0.3, -0.25) is 0 Å². The van der Waals surface area contributed by atoms with Crippen molar-refractivity contribution in [3.8, 4) is 11.5 Å². The van der Waals surface area contributed by atoms with Crippen LogP contribution in [-0.4, -0.2) is 15.1 Å². The molecule has 0 saturated carbocycles. The first kappa shape index (κ1) is 22.7. The van der Waals surface area contributed by atoms with Gasteiger partial charge in [0, 0.05) is 33.1 Å². The Morgan fingerprint density at radius 3 is 2.51 bits per heavy atom. The molecule has 5 aromatic rings. The lowest BCUT2D eigenvalue weighted by Gasteiger charge is -2.16. The molecule has 0 atom stereocenters. The number of aryl methyl sites for hydroxylation is 1. The van der Waals surface area contributed by atoms with E-state index in [-0.39, 0.29) is 11.6 Å². The number of anilines is 2. The number of halogens is 1. The first-order chi connectivity index (χ1) is 17.0.